The molecule has 0 aliphatic heterocycles. The van der Waals surface area contributed by atoms with E-state index in [1.165, 1.54) is 0 Å². The fraction of sp³-hybridized carbons (Fsp3) is 0.300. The number of aliphatic imine (C=N–C) groups is 1. The number of anilines is 1. The summed E-state index contributed by atoms with van der Waals surface area (Å²) >= 11 is 0. The van der Waals surface area contributed by atoms with Crippen molar-refractivity contribution in [2.24, 2.45) is 4.99 Å². The topological polar surface area (TPSA) is 38.4 Å². The number of benzene rings is 1. The van der Waals surface area contributed by atoms with Crippen molar-refractivity contribution in [3.05, 3.63) is 29.8 Å². The van der Waals surface area contributed by atoms with Gasteiger partial charge >= 0.3 is 0 Å². The SMILES string of the molecule is C=NC(C)(C)c1ccccc1N. The Labute approximate surface area is 73.1 Å². The Morgan fingerprint density at radius 1 is 1.33 bits per heavy atom. The Kier molecular flexibility index (Phi) is 2.18. The molecule has 0 saturated heterocycles. The maximum absolute atomic E-state index is 5.79. The minimum atomic E-state index is -0.286. The summed E-state index contributed by atoms with van der Waals surface area (Å²) in [6.45, 7) is 7.53. The van der Waals surface area contributed by atoms with E-state index in [0.717, 1.165) is 11.3 Å². The predicted octanol–water partition coefficient (Wildman–Crippen LogP) is 2.20. The van der Waals surface area contributed by atoms with E-state index in [4.69, 9.17) is 5.73 Å². The minimum absolute atomic E-state index is 0.286. The Hall–Kier alpha value is -1.31. The average molecular weight is 162 g/mol. The molecule has 0 amide bonds. The maximum atomic E-state index is 5.79. The van der Waals surface area contributed by atoms with E-state index in [-0.39, 0.29) is 5.54 Å². The largest absolute Gasteiger partial charge is 0.398 e. The highest BCUT2D eigenvalue weighted by Crippen LogP contribution is 2.28. The van der Waals surface area contributed by atoms with Crippen molar-refractivity contribution in [1.82, 2.24) is 0 Å². The summed E-state index contributed by atoms with van der Waals surface area (Å²) in [6.07, 6.45) is 0. The molecule has 2 N–H and O–H groups in total. The molecule has 0 fully saturated rings. The number of nitrogen functional groups attached to an aromatic ring is 1. The molecular weight excluding hydrogens is 148 g/mol. The molecule has 0 radical (unpaired) electrons. The highest BCUT2D eigenvalue weighted by molar-refractivity contribution is 5.50. The van der Waals surface area contributed by atoms with Crippen LogP contribution in [0, 0.1) is 0 Å². The van der Waals surface area contributed by atoms with Crippen molar-refractivity contribution in [2.45, 2.75) is 19.4 Å². The zero-order chi connectivity index (χ0) is 9.19. The van der Waals surface area contributed by atoms with Crippen molar-refractivity contribution in [1.29, 1.82) is 0 Å². The lowest BCUT2D eigenvalue weighted by molar-refractivity contribution is 0.565. The van der Waals surface area contributed by atoms with Gasteiger partial charge < -0.3 is 5.73 Å². The van der Waals surface area contributed by atoms with Gasteiger partial charge in [0.25, 0.3) is 0 Å². The van der Waals surface area contributed by atoms with Crippen LogP contribution in [0.3, 0.4) is 0 Å². The van der Waals surface area contributed by atoms with E-state index in [2.05, 4.69) is 11.7 Å². The van der Waals surface area contributed by atoms with Crippen molar-refractivity contribution < 1.29 is 0 Å². The van der Waals surface area contributed by atoms with E-state index in [9.17, 15) is 0 Å². The van der Waals surface area contributed by atoms with E-state index < -0.39 is 0 Å². The number of para-hydroxylation sites is 1. The van der Waals surface area contributed by atoms with E-state index in [1.807, 2.05) is 38.1 Å². The van der Waals surface area contributed by atoms with Crippen molar-refractivity contribution >= 4 is 12.4 Å². The average Bonchev–Trinajstić information content (AvgIpc) is 2.05. The highest BCUT2D eigenvalue weighted by Gasteiger charge is 2.19. The van der Waals surface area contributed by atoms with Crippen molar-refractivity contribution in [3.63, 3.8) is 0 Å². The molecule has 0 aliphatic carbocycles. The number of nitrogens with two attached hydrogens (primary N) is 1. The summed E-state index contributed by atoms with van der Waals surface area (Å²) in [5, 5.41) is 0. The van der Waals surface area contributed by atoms with Crippen LogP contribution in [0.5, 0.6) is 0 Å². The third kappa shape index (κ3) is 1.47. The molecule has 0 unspecified atom stereocenters. The fourth-order valence-corrected chi connectivity index (χ4v) is 1.14. The molecule has 0 aliphatic rings. The van der Waals surface area contributed by atoms with E-state index in [0.29, 0.717) is 0 Å². The van der Waals surface area contributed by atoms with Crippen LogP contribution in [0.1, 0.15) is 19.4 Å². The smallest absolute Gasteiger partial charge is 0.0813 e. The Morgan fingerprint density at radius 3 is 2.42 bits per heavy atom. The summed E-state index contributed by atoms with van der Waals surface area (Å²) in [5.74, 6) is 0. The number of rotatable bonds is 2. The maximum Gasteiger partial charge on any atom is 0.0813 e. The molecule has 2 heteroatoms. The second-order valence-electron chi connectivity index (χ2n) is 3.30. The summed E-state index contributed by atoms with van der Waals surface area (Å²) in [4.78, 5) is 4.02. The van der Waals surface area contributed by atoms with Crippen LogP contribution < -0.4 is 5.73 Å². The van der Waals surface area contributed by atoms with Crippen molar-refractivity contribution in [3.8, 4) is 0 Å². The van der Waals surface area contributed by atoms with Crippen LogP contribution in [-0.2, 0) is 5.54 Å². The molecule has 12 heavy (non-hydrogen) atoms. The van der Waals surface area contributed by atoms with Crippen LogP contribution in [0.25, 0.3) is 0 Å². The molecule has 0 aromatic heterocycles. The van der Waals surface area contributed by atoms with Gasteiger partial charge in [-0.05, 0) is 26.6 Å². The molecular formula is C10H14N2. The monoisotopic (exact) mass is 162 g/mol. The van der Waals surface area contributed by atoms with Crippen LogP contribution >= 0.6 is 0 Å². The van der Waals surface area contributed by atoms with E-state index in [1.54, 1.807) is 0 Å². The summed E-state index contributed by atoms with van der Waals surface area (Å²) in [7, 11) is 0. The van der Waals surface area contributed by atoms with Gasteiger partial charge in [0, 0.05) is 11.3 Å². The van der Waals surface area contributed by atoms with Crippen LogP contribution in [0.2, 0.25) is 0 Å². The third-order valence-corrected chi connectivity index (χ3v) is 2.02. The van der Waals surface area contributed by atoms with Gasteiger partial charge in [-0.1, -0.05) is 18.2 Å². The first-order valence-corrected chi connectivity index (χ1v) is 3.91. The van der Waals surface area contributed by atoms with Gasteiger partial charge in [-0.25, -0.2) is 0 Å². The summed E-state index contributed by atoms with van der Waals surface area (Å²) in [6, 6.07) is 7.73. The van der Waals surface area contributed by atoms with Gasteiger partial charge in [0.1, 0.15) is 0 Å². The van der Waals surface area contributed by atoms with Gasteiger partial charge in [0.2, 0.25) is 0 Å². The summed E-state index contributed by atoms with van der Waals surface area (Å²) in [5.41, 5.74) is 7.31. The molecule has 0 saturated carbocycles. The molecule has 0 atom stereocenters. The molecule has 1 aromatic rings. The van der Waals surface area contributed by atoms with Gasteiger partial charge in [0.15, 0.2) is 0 Å². The zero-order valence-electron chi connectivity index (χ0n) is 7.54. The molecule has 2 nitrogen and oxygen atoms in total. The first kappa shape index (κ1) is 8.78. The Balaban J connectivity index is 3.19. The van der Waals surface area contributed by atoms with E-state index >= 15 is 0 Å². The van der Waals surface area contributed by atoms with Gasteiger partial charge in [0.05, 0.1) is 5.54 Å². The van der Waals surface area contributed by atoms with Gasteiger partial charge in [-0.2, -0.15) is 0 Å². The van der Waals surface area contributed by atoms with Crippen LogP contribution in [0.4, 0.5) is 5.69 Å². The molecule has 1 rings (SSSR count). The lowest BCUT2D eigenvalue weighted by atomic mass is 9.94. The highest BCUT2D eigenvalue weighted by atomic mass is 14.8. The number of hydrogen-bond acceptors (Lipinski definition) is 2. The number of nitrogens with zero attached hydrogens (tertiary/aromatic N) is 1. The first-order valence-electron chi connectivity index (χ1n) is 3.91. The predicted molar refractivity (Wildman–Crippen MR) is 53.4 cm³/mol. The molecule has 0 heterocycles. The Morgan fingerprint density at radius 2 is 1.92 bits per heavy atom. The summed E-state index contributed by atoms with van der Waals surface area (Å²) < 4.78 is 0. The lowest BCUT2D eigenvalue weighted by Crippen LogP contribution is -2.15. The standard InChI is InChI=1S/C10H14N2/c1-10(2,12-3)8-6-4-5-7-9(8)11/h4-7H,3,11H2,1-2H3. The first-order chi connectivity index (χ1) is 5.58. The molecule has 0 bridgehead atoms. The second kappa shape index (κ2) is 2.97. The normalized spacial score (nSPS) is 11.2. The Bertz CT molecular complexity index is 290. The fourth-order valence-electron chi connectivity index (χ4n) is 1.14. The van der Waals surface area contributed by atoms with Gasteiger partial charge in [-0.15, -0.1) is 0 Å². The molecule has 1 aromatic carbocycles. The van der Waals surface area contributed by atoms with Crippen molar-refractivity contribution in [2.75, 3.05) is 5.73 Å². The van der Waals surface area contributed by atoms with Crippen LogP contribution in [-0.4, -0.2) is 6.72 Å². The zero-order valence-corrected chi connectivity index (χ0v) is 7.54. The molecule has 64 valence electrons. The molecule has 0 spiro atoms. The van der Waals surface area contributed by atoms with Gasteiger partial charge in [-0.3, -0.25) is 4.99 Å². The second-order valence-corrected chi connectivity index (χ2v) is 3.30. The lowest BCUT2D eigenvalue weighted by Gasteiger charge is -2.20. The number of hydrogen-bond donors (Lipinski definition) is 1. The minimum Gasteiger partial charge on any atom is -0.398 e. The quantitative estimate of drug-likeness (QED) is 0.525. The third-order valence-electron chi connectivity index (χ3n) is 2.02. The van der Waals surface area contributed by atoms with Crippen LogP contribution in [0.15, 0.2) is 29.3 Å².